The predicted octanol–water partition coefficient (Wildman–Crippen LogP) is 2.76. The van der Waals surface area contributed by atoms with Crippen LogP contribution >= 0.6 is 15.9 Å². The van der Waals surface area contributed by atoms with Crippen molar-refractivity contribution < 1.29 is 0 Å². The van der Waals surface area contributed by atoms with Crippen molar-refractivity contribution in [2.45, 2.75) is 38.8 Å². The maximum atomic E-state index is 5.74. The fourth-order valence-electron chi connectivity index (χ4n) is 2.24. The molecule has 0 radical (unpaired) electrons. The van der Waals surface area contributed by atoms with Gasteiger partial charge in [-0.25, -0.2) is 0 Å². The van der Waals surface area contributed by atoms with Crippen molar-refractivity contribution in [2.24, 2.45) is 5.84 Å². The molecule has 6 heteroatoms. The molecule has 0 fully saturated rings. The Hall–Kier alpha value is -1.24. The third-order valence-electron chi connectivity index (χ3n) is 3.25. The highest BCUT2D eigenvalue weighted by Crippen LogP contribution is 2.28. The molecule has 2 rings (SSSR count). The van der Waals surface area contributed by atoms with Crippen molar-refractivity contribution >= 4 is 15.9 Å². The second-order valence-corrected chi connectivity index (χ2v) is 5.89. The number of pyridine rings is 1. The van der Waals surface area contributed by atoms with Gasteiger partial charge < -0.3 is 0 Å². The topological polar surface area (TPSA) is 68.8 Å². The number of hydrogen-bond acceptors (Lipinski definition) is 4. The molecule has 0 amide bonds. The number of hydrogen-bond donors (Lipinski definition) is 2. The van der Waals surface area contributed by atoms with Crippen LogP contribution < -0.4 is 11.3 Å². The Balaban J connectivity index is 2.14. The van der Waals surface area contributed by atoms with E-state index in [0.29, 0.717) is 6.04 Å². The summed E-state index contributed by atoms with van der Waals surface area (Å²) in [4.78, 5) is 4.14. The normalized spacial score (nSPS) is 12.8. The van der Waals surface area contributed by atoms with Crippen LogP contribution in [0.4, 0.5) is 0 Å². The molecule has 2 aromatic heterocycles. The minimum absolute atomic E-state index is 0.0504. The molecule has 0 aromatic carbocycles. The van der Waals surface area contributed by atoms with Crippen LogP contribution in [0.25, 0.3) is 0 Å². The van der Waals surface area contributed by atoms with Crippen molar-refractivity contribution in [1.82, 2.24) is 20.2 Å². The lowest BCUT2D eigenvalue weighted by Gasteiger charge is -2.20. The number of nitrogens with zero attached hydrogens (tertiary/aromatic N) is 3. The highest BCUT2D eigenvalue weighted by Gasteiger charge is 2.20. The molecule has 0 spiro atoms. The molecule has 5 nitrogen and oxygen atoms in total. The minimum Gasteiger partial charge on any atom is -0.271 e. The first-order valence-corrected chi connectivity index (χ1v) is 7.50. The van der Waals surface area contributed by atoms with Gasteiger partial charge in [-0.05, 0) is 54.2 Å². The summed E-state index contributed by atoms with van der Waals surface area (Å²) >= 11 is 3.56. The van der Waals surface area contributed by atoms with Gasteiger partial charge in [0.2, 0.25) is 0 Å². The zero-order valence-electron chi connectivity index (χ0n) is 11.8. The van der Waals surface area contributed by atoms with Crippen LogP contribution in [0.2, 0.25) is 0 Å². The number of hydrazine groups is 1. The Kier molecular flexibility index (Phi) is 5.28. The monoisotopic (exact) mass is 337 g/mol. The van der Waals surface area contributed by atoms with E-state index in [4.69, 9.17) is 5.84 Å². The maximum Gasteiger partial charge on any atom is 0.0712 e. The molecule has 3 N–H and O–H groups in total. The summed E-state index contributed by atoms with van der Waals surface area (Å²) in [6.07, 6.45) is 7.30. The third kappa shape index (κ3) is 3.45. The van der Waals surface area contributed by atoms with Crippen LogP contribution in [0, 0.1) is 0 Å². The van der Waals surface area contributed by atoms with E-state index in [9.17, 15) is 0 Å². The minimum atomic E-state index is 0.0504. The third-order valence-corrected chi connectivity index (χ3v) is 3.86. The van der Waals surface area contributed by atoms with Crippen LogP contribution in [-0.4, -0.2) is 14.8 Å². The van der Waals surface area contributed by atoms with E-state index in [2.05, 4.69) is 51.4 Å². The Morgan fingerprint density at radius 1 is 1.40 bits per heavy atom. The second kappa shape index (κ2) is 6.97. The zero-order valence-corrected chi connectivity index (χ0v) is 13.3. The van der Waals surface area contributed by atoms with E-state index < -0.39 is 0 Å². The summed E-state index contributed by atoms with van der Waals surface area (Å²) in [5.74, 6) is 5.74. The van der Waals surface area contributed by atoms with E-state index in [-0.39, 0.29) is 6.04 Å². The lowest BCUT2D eigenvalue weighted by molar-refractivity contribution is 0.432. The van der Waals surface area contributed by atoms with Crippen LogP contribution in [-0.2, 0) is 6.42 Å². The number of halogens is 1. The van der Waals surface area contributed by atoms with Crippen LogP contribution in [0.5, 0.6) is 0 Å². The van der Waals surface area contributed by atoms with Gasteiger partial charge in [0.05, 0.1) is 22.4 Å². The van der Waals surface area contributed by atoms with Crippen molar-refractivity contribution in [3.8, 4) is 0 Å². The summed E-state index contributed by atoms with van der Waals surface area (Å²) < 4.78 is 2.98. The van der Waals surface area contributed by atoms with E-state index in [0.717, 1.165) is 23.0 Å². The first-order chi connectivity index (χ1) is 9.63. The maximum absolute atomic E-state index is 5.74. The standard InChI is InChI=1S/C14H20BrN5/c1-10(2)20-14(12(15)9-18-20)13(19-16)6-5-11-4-3-7-17-8-11/h3-4,7-10,13,19H,5-6,16H2,1-2H3. The molecule has 1 unspecified atom stereocenters. The van der Waals surface area contributed by atoms with Crippen molar-refractivity contribution in [3.05, 3.63) is 46.5 Å². The molecule has 20 heavy (non-hydrogen) atoms. The fraction of sp³-hybridized carbons (Fsp3) is 0.429. The Labute approximate surface area is 127 Å². The second-order valence-electron chi connectivity index (χ2n) is 5.04. The molecule has 0 bridgehead atoms. The van der Waals surface area contributed by atoms with E-state index in [1.807, 2.05) is 23.1 Å². The van der Waals surface area contributed by atoms with Gasteiger partial charge in [0.25, 0.3) is 0 Å². The zero-order chi connectivity index (χ0) is 14.5. The van der Waals surface area contributed by atoms with Crippen LogP contribution in [0.15, 0.2) is 35.2 Å². The van der Waals surface area contributed by atoms with E-state index in [1.165, 1.54) is 5.56 Å². The van der Waals surface area contributed by atoms with Gasteiger partial charge in [-0.2, -0.15) is 5.10 Å². The molecule has 2 heterocycles. The Morgan fingerprint density at radius 3 is 2.80 bits per heavy atom. The average molecular weight is 338 g/mol. The Morgan fingerprint density at radius 2 is 2.20 bits per heavy atom. The lowest BCUT2D eigenvalue weighted by Crippen LogP contribution is -2.31. The van der Waals surface area contributed by atoms with E-state index >= 15 is 0 Å². The smallest absolute Gasteiger partial charge is 0.0712 e. The number of aromatic nitrogens is 3. The number of rotatable bonds is 6. The number of nitrogens with one attached hydrogen (secondary N) is 1. The first kappa shape index (κ1) is 15.2. The molecule has 0 aliphatic heterocycles. The van der Waals surface area contributed by atoms with Crippen LogP contribution in [0.3, 0.4) is 0 Å². The summed E-state index contributed by atoms with van der Waals surface area (Å²) in [6.45, 7) is 4.22. The fourth-order valence-corrected chi connectivity index (χ4v) is 2.79. The molecule has 0 aliphatic carbocycles. The summed E-state index contributed by atoms with van der Waals surface area (Å²) in [5, 5.41) is 4.40. The van der Waals surface area contributed by atoms with Gasteiger partial charge >= 0.3 is 0 Å². The van der Waals surface area contributed by atoms with Gasteiger partial charge in [-0.15, -0.1) is 0 Å². The van der Waals surface area contributed by atoms with Crippen LogP contribution in [0.1, 0.15) is 43.6 Å². The molecule has 1 atom stereocenters. The molecular weight excluding hydrogens is 318 g/mol. The van der Waals surface area contributed by atoms with Gasteiger partial charge in [0.1, 0.15) is 0 Å². The van der Waals surface area contributed by atoms with Crippen molar-refractivity contribution in [1.29, 1.82) is 0 Å². The average Bonchev–Trinajstić information content (AvgIpc) is 2.83. The van der Waals surface area contributed by atoms with Gasteiger partial charge in [0, 0.05) is 18.4 Å². The number of aryl methyl sites for hydroxylation is 1. The molecule has 0 saturated heterocycles. The predicted molar refractivity (Wildman–Crippen MR) is 82.9 cm³/mol. The summed E-state index contributed by atoms with van der Waals surface area (Å²) in [7, 11) is 0. The quantitative estimate of drug-likeness (QED) is 0.628. The first-order valence-electron chi connectivity index (χ1n) is 6.71. The van der Waals surface area contributed by atoms with Crippen molar-refractivity contribution in [2.75, 3.05) is 0 Å². The molecule has 0 saturated carbocycles. The molecular formula is C14H20BrN5. The SMILES string of the molecule is CC(C)n1ncc(Br)c1C(CCc1cccnc1)NN. The summed E-state index contributed by atoms with van der Waals surface area (Å²) in [5.41, 5.74) is 5.20. The lowest BCUT2D eigenvalue weighted by atomic mass is 10.0. The van der Waals surface area contributed by atoms with Crippen molar-refractivity contribution in [3.63, 3.8) is 0 Å². The summed E-state index contributed by atoms with van der Waals surface area (Å²) in [6, 6.07) is 4.38. The largest absolute Gasteiger partial charge is 0.271 e. The molecule has 0 aliphatic rings. The van der Waals surface area contributed by atoms with Gasteiger partial charge in [-0.3, -0.25) is 20.9 Å². The van der Waals surface area contributed by atoms with Gasteiger partial charge in [0.15, 0.2) is 0 Å². The van der Waals surface area contributed by atoms with Gasteiger partial charge in [-0.1, -0.05) is 6.07 Å². The molecule has 2 aromatic rings. The number of nitrogens with two attached hydrogens (primary N) is 1. The highest BCUT2D eigenvalue weighted by molar-refractivity contribution is 9.10. The van der Waals surface area contributed by atoms with E-state index in [1.54, 1.807) is 6.20 Å². The molecule has 108 valence electrons. The Bertz CT molecular complexity index is 538. The highest BCUT2D eigenvalue weighted by atomic mass is 79.9.